The standard InChI is InChI=1S/C27H22N4O3/c32-25-9-8-23(26(33)29-25)31-16-20-12-18(6-7-21(20)27(31)34)22-13-24-19(14-28-22)10-11-30(24)15-17-4-2-1-3-5-17/h1-7,10-14,23H,8-9,15-16H2,(H,29,32,33). The van der Waals surface area contributed by atoms with Gasteiger partial charge in [0.2, 0.25) is 11.8 Å². The van der Waals surface area contributed by atoms with Gasteiger partial charge in [0.25, 0.3) is 5.91 Å². The van der Waals surface area contributed by atoms with Gasteiger partial charge >= 0.3 is 0 Å². The average molecular weight is 450 g/mol. The predicted molar refractivity (Wildman–Crippen MR) is 127 cm³/mol. The van der Waals surface area contributed by atoms with Gasteiger partial charge < -0.3 is 9.47 Å². The Labute approximate surface area is 196 Å². The molecule has 2 aliphatic rings. The predicted octanol–water partition coefficient (Wildman–Crippen LogP) is 3.51. The Morgan fingerprint density at radius 3 is 2.68 bits per heavy atom. The molecule has 0 aliphatic carbocycles. The molecule has 7 nitrogen and oxygen atoms in total. The summed E-state index contributed by atoms with van der Waals surface area (Å²) in [6.07, 6.45) is 4.55. The molecule has 1 atom stereocenters. The Kier molecular flexibility index (Phi) is 4.76. The summed E-state index contributed by atoms with van der Waals surface area (Å²) in [6, 6.07) is 19.5. The van der Waals surface area contributed by atoms with E-state index in [-0.39, 0.29) is 18.2 Å². The second-order valence-electron chi connectivity index (χ2n) is 8.83. The van der Waals surface area contributed by atoms with Crippen LogP contribution in [-0.4, -0.2) is 38.2 Å². The third-order valence-corrected chi connectivity index (χ3v) is 6.67. The van der Waals surface area contributed by atoms with Crippen molar-refractivity contribution in [3.05, 3.63) is 89.7 Å². The fourth-order valence-electron chi connectivity index (χ4n) is 4.89. The number of imide groups is 1. The Bertz CT molecular complexity index is 1460. The second kappa shape index (κ2) is 7.95. The largest absolute Gasteiger partial charge is 0.343 e. The first kappa shape index (κ1) is 20.4. The van der Waals surface area contributed by atoms with Crippen LogP contribution in [0, 0.1) is 0 Å². The molecule has 0 spiro atoms. The summed E-state index contributed by atoms with van der Waals surface area (Å²) in [5.74, 6) is -0.855. The number of piperidine rings is 1. The van der Waals surface area contributed by atoms with Crippen molar-refractivity contribution in [2.24, 2.45) is 0 Å². The van der Waals surface area contributed by atoms with Crippen LogP contribution in [0.1, 0.15) is 34.3 Å². The number of benzene rings is 2. The molecule has 1 fully saturated rings. The normalized spacial score (nSPS) is 17.8. The van der Waals surface area contributed by atoms with E-state index in [9.17, 15) is 14.4 Å². The number of hydrogen-bond acceptors (Lipinski definition) is 4. The van der Waals surface area contributed by atoms with Gasteiger partial charge in [-0.3, -0.25) is 24.7 Å². The van der Waals surface area contributed by atoms with Crippen molar-refractivity contribution in [1.29, 1.82) is 0 Å². The van der Waals surface area contributed by atoms with Gasteiger partial charge in [-0.05, 0) is 41.8 Å². The highest BCUT2D eigenvalue weighted by Gasteiger charge is 2.39. The number of fused-ring (bicyclic) bond motifs is 2. The third-order valence-electron chi connectivity index (χ3n) is 6.67. The molecule has 1 saturated heterocycles. The molecule has 4 aromatic rings. The van der Waals surface area contributed by atoms with Gasteiger partial charge in [-0.25, -0.2) is 0 Å². The van der Waals surface area contributed by atoms with Crippen molar-refractivity contribution in [3.8, 4) is 11.3 Å². The number of nitrogens with one attached hydrogen (secondary N) is 1. The SMILES string of the molecule is O=C1CCC(N2Cc3cc(-c4cc5c(ccn5Cc5ccccc5)cn4)ccc3C2=O)C(=O)N1. The number of carbonyl (C=O) groups excluding carboxylic acids is 3. The van der Waals surface area contributed by atoms with E-state index >= 15 is 0 Å². The number of pyridine rings is 1. The molecule has 0 saturated carbocycles. The second-order valence-corrected chi connectivity index (χ2v) is 8.83. The minimum atomic E-state index is -0.614. The maximum absolute atomic E-state index is 13.0. The summed E-state index contributed by atoms with van der Waals surface area (Å²) in [5.41, 5.74) is 5.54. The zero-order chi connectivity index (χ0) is 23.2. The number of nitrogens with zero attached hydrogens (tertiary/aromatic N) is 3. The van der Waals surface area contributed by atoms with E-state index in [1.165, 1.54) is 5.56 Å². The van der Waals surface area contributed by atoms with Crippen molar-refractivity contribution < 1.29 is 14.4 Å². The van der Waals surface area contributed by atoms with E-state index in [0.717, 1.165) is 34.3 Å². The van der Waals surface area contributed by atoms with Gasteiger partial charge in [0.05, 0.1) is 11.2 Å². The van der Waals surface area contributed by atoms with Crippen molar-refractivity contribution in [1.82, 2.24) is 19.8 Å². The fraction of sp³-hybridized carbons (Fsp3) is 0.185. The van der Waals surface area contributed by atoms with Crippen LogP contribution in [0.4, 0.5) is 0 Å². The van der Waals surface area contributed by atoms with Gasteiger partial charge in [0.15, 0.2) is 0 Å². The molecule has 3 amide bonds. The number of hydrogen-bond donors (Lipinski definition) is 1. The minimum Gasteiger partial charge on any atom is -0.343 e. The molecular formula is C27H22N4O3. The molecule has 34 heavy (non-hydrogen) atoms. The van der Waals surface area contributed by atoms with Crippen LogP contribution >= 0.6 is 0 Å². The monoisotopic (exact) mass is 450 g/mol. The maximum Gasteiger partial charge on any atom is 0.255 e. The highest BCUT2D eigenvalue weighted by Crippen LogP contribution is 2.31. The number of amides is 3. The lowest BCUT2D eigenvalue weighted by molar-refractivity contribution is -0.136. The summed E-state index contributed by atoms with van der Waals surface area (Å²) >= 11 is 0. The quantitative estimate of drug-likeness (QED) is 0.482. The topological polar surface area (TPSA) is 84.3 Å². The highest BCUT2D eigenvalue weighted by atomic mass is 16.2. The van der Waals surface area contributed by atoms with E-state index < -0.39 is 11.9 Å². The zero-order valence-electron chi connectivity index (χ0n) is 18.4. The van der Waals surface area contributed by atoms with Crippen LogP contribution in [0.15, 0.2) is 73.1 Å². The number of aromatic nitrogens is 2. The zero-order valence-corrected chi connectivity index (χ0v) is 18.4. The molecule has 2 aliphatic heterocycles. The molecule has 1 N–H and O–H groups in total. The summed E-state index contributed by atoms with van der Waals surface area (Å²) in [6.45, 7) is 1.12. The summed E-state index contributed by atoms with van der Waals surface area (Å²) in [5, 5.41) is 3.41. The molecule has 1 unspecified atom stereocenters. The lowest BCUT2D eigenvalue weighted by Crippen LogP contribution is -2.52. The van der Waals surface area contributed by atoms with Gasteiger partial charge in [0, 0.05) is 48.4 Å². The number of rotatable bonds is 4. The Morgan fingerprint density at radius 1 is 1.00 bits per heavy atom. The molecule has 0 bridgehead atoms. The molecule has 2 aromatic heterocycles. The van der Waals surface area contributed by atoms with E-state index in [1.54, 1.807) is 4.90 Å². The molecule has 0 radical (unpaired) electrons. The van der Waals surface area contributed by atoms with Gasteiger partial charge in [0.1, 0.15) is 6.04 Å². The molecular weight excluding hydrogens is 428 g/mol. The van der Waals surface area contributed by atoms with E-state index in [2.05, 4.69) is 45.3 Å². The van der Waals surface area contributed by atoms with Gasteiger partial charge in [-0.2, -0.15) is 0 Å². The van der Waals surface area contributed by atoms with Crippen molar-refractivity contribution in [2.45, 2.75) is 32.0 Å². The highest BCUT2D eigenvalue weighted by molar-refractivity contribution is 6.05. The van der Waals surface area contributed by atoms with Gasteiger partial charge in [-0.1, -0.05) is 36.4 Å². The van der Waals surface area contributed by atoms with Crippen LogP contribution in [0.5, 0.6) is 0 Å². The first-order chi connectivity index (χ1) is 16.6. The summed E-state index contributed by atoms with van der Waals surface area (Å²) in [7, 11) is 0. The van der Waals surface area contributed by atoms with Crippen molar-refractivity contribution >= 4 is 28.6 Å². The first-order valence-corrected chi connectivity index (χ1v) is 11.3. The van der Waals surface area contributed by atoms with Crippen LogP contribution in [0.25, 0.3) is 22.2 Å². The molecule has 168 valence electrons. The van der Waals surface area contributed by atoms with Crippen LogP contribution in [0.2, 0.25) is 0 Å². The summed E-state index contributed by atoms with van der Waals surface area (Å²) in [4.78, 5) is 43.0. The molecule has 4 heterocycles. The van der Waals surface area contributed by atoms with E-state index in [4.69, 9.17) is 0 Å². The molecule has 7 heteroatoms. The lowest BCUT2D eigenvalue weighted by Gasteiger charge is -2.29. The number of carbonyl (C=O) groups is 3. The van der Waals surface area contributed by atoms with E-state index in [1.807, 2.05) is 42.6 Å². The van der Waals surface area contributed by atoms with Crippen molar-refractivity contribution in [2.75, 3.05) is 0 Å². The van der Waals surface area contributed by atoms with Crippen LogP contribution in [-0.2, 0) is 22.7 Å². The fourth-order valence-corrected chi connectivity index (χ4v) is 4.89. The molecule has 2 aromatic carbocycles. The van der Waals surface area contributed by atoms with Gasteiger partial charge in [-0.15, -0.1) is 0 Å². The Balaban J connectivity index is 1.30. The third kappa shape index (κ3) is 3.46. The summed E-state index contributed by atoms with van der Waals surface area (Å²) < 4.78 is 2.21. The minimum absolute atomic E-state index is 0.170. The van der Waals surface area contributed by atoms with Crippen LogP contribution in [0.3, 0.4) is 0 Å². The Morgan fingerprint density at radius 2 is 1.85 bits per heavy atom. The van der Waals surface area contributed by atoms with Crippen molar-refractivity contribution in [3.63, 3.8) is 0 Å². The maximum atomic E-state index is 13.0. The lowest BCUT2D eigenvalue weighted by atomic mass is 10.0. The first-order valence-electron chi connectivity index (χ1n) is 11.3. The smallest absolute Gasteiger partial charge is 0.255 e. The average Bonchev–Trinajstić information content (AvgIpc) is 3.40. The molecule has 6 rings (SSSR count). The van der Waals surface area contributed by atoms with Crippen LogP contribution < -0.4 is 5.32 Å². The van der Waals surface area contributed by atoms with E-state index in [0.29, 0.717) is 18.5 Å². The Hall–Kier alpha value is -4.26.